The van der Waals surface area contributed by atoms with Gasteiger partial charge < -0.3 is 28.7 Å². The van der Waals surface area contributed by atoms with Crippen molar-refractivity contribution in [1.29, 1.82) is 0 Å². The first-order chi connectivity index (χ1) is 31.8. The highest BCUT2D eigenvalue weighted by atomic mass is 16.6. The van der Waals surface area contributed by atoms with Crippen LogP contribution in [0, 0.1) is 23.7 Å². The maximum atomic E-state index is 14.6. The van der Waals surface area contributed by atoms with Crippen LogP contribution in [0.4, 0.5) is 9.59 Å². The number of benzene rings is 2. The summed E-state index contributed by atoms with van der Waals surface area (Å²) in [5.74, 6) is -5.79. The third-order valence-corrected chi connectivity index (χ3v) is 11.3. The lowest BCUT2D eigenvalue weighted by atomic mass is 10.0. The van der Waals surface area contributed by atoms with Crippen LogP contribution in [0.25, 0.3) is 0 Å². The number of nitrogens with zero attached hydrogens (tertiary/aromatic N) is 6. The van der Waals surface area contributed by atoms with E-state index in [1.807, 2.05) is 27.7 Å². The summed E-state index contributed by atoms with van der Waals surface area (Å²) in [6.07, 6.45) is -8.22. The number of likely N-dealkylation sites (N-methyl/N-ethyl adjacent to an activating group) is 4. The first-order valence-electron chi connectivity index (χ1n) is 23.4. The predicted molar refractivity (Wildman–Crippen MR) is 253 cm³/mol. The number of rotatable bonds is 12. The summed E-state index contributed by atoms with van der Waals surface area (Å²) in [6, 6.07) is 15.0. The summed E-state index contributed by atoms with van der Waals surface area (Å²) in [7, 11) is 5.36. The zero-order valence-corrected chi connectivity index (χ0v) is 42.4. The van der Waals surface area contributed by atoms with E-state index in [4.69, 9.17) is 18.9 Å². The van der Waals surface area contributed by atoms with Crippen molar-refractivity contribution >= 4 is 47.8 Å². The van der Waals surface area contributed by atoms with Gasteiger partial charge in [0.25, 0.3) is 23.6 Å². The largest absolute Gasteiger partial charge is 0.451 e. The van der Waals surface area contributed by atoms with Crippen LogP contribution in [0.3, 0.4) is 0 Å². The fourth-order valence-corrected chi connectivity index (χ4v) is 7.56. The Hall–Kier alpha value is -6.20. The minimum absolute atomic E-state index is 0.0667. The molecule has 1 saturated heterocycles. The van der Waals surface area contributed by atoms with Gasteiger partial charge in [0.15, 0.2) is 24.4 Å². The average molecular weight is 951 g/mol. The van der Waals surface area contributed by atoms with E-state index in [1.54, 1.807) is 88.4 Å². The summed E-state index contributed by atoms with van der Waals surface area (Å²) in [4.78, 5) is 117. The molecule has 1 aliphatic rings. The monoisotopic (exact) mass is 951 g/mol. The van der Waals surface area contributed by atoms with Crippen LogP contribution in [0.15, 0.2) is 60.7 Å². The van der Waals surface area contributed by atoms with Gasteiger partial charge in [0, 0.05) is 54.1 Å². The fraction of sp³-hybridized carbons (Fsp3) is 0.600. The van der Waals surface area contributed by atoms with E-state index in [0.29, 0.717) is 11.1 Å². The van der Waals surface area contributed by atoms with Crippen molar-refractivity contribution in [2.75, 3.05) is 41.3 Å². The van der Waals surface area contributed by atoms with Crippen LogP contribution < -0.4 is 0 Å². The molecule has 0 aliphatic carbocycles. The predicted octanol–water partition coefficient (Wildman–Crippen LogP) is 5.77. The maximum absolute atomic E-state index is 14.6. The van der Waals surface area contributed by atoms with Crippen molar-refractivity contribution in [3.05, 3.63) is 71.8 Å². The molecule has 1 fully saturated rings. The van der Waals surface area contributed by atoms with Crippen molar-refractivity contribution < 1.29 is 57.3 Å². The van der Waals surface area contributed by atoms with Gasteiger partial charge in [-0.2, -0.15) is 0 Å². The number of esters is 2. The molecule has 18 heteroatoms. The molecule has 2 aromatic rings. The number of hydrazine groups is 2. The number of hydrogen-bond acceptors (Lipinski definition) is 12. The van der Waals surface area contributed by atoms with E-state index >= 15 is 0 Å². The summed E-state index contributed by atoms with van der Waals surface area (Å²) in [5, 5.41) is 3.93. The topological polar surface area (TPSA) is 193 Å². The van der Waals surface area contributed by atoms with Crippen molar-refractivity contribution in [2.45, 2.75) is 131 Å². The molecule has 6 atom stereocenters. The molecule has 0 aromatic heterocycles. The minimum Gasteiger partial charge on any atom is -0.451 e. The molecule has 0 unspecified atom stereocenters. The molecule has 3 rings (SSSR count). The van der Waals surface area contributed by atoms with Crippen LogP contribution in [-0.2, 0) is 60.6 Å². The molecule has 1 heterocycles. The van der Waals surface area contributed by atoms with Gasteiger partial charge in [-0.05, 0) is 61.5 Å². The number of amides is 6. The summed E-state index contributed by atoms with van der Waals surface area (Å²) >= 11 is 0. The first-order valence-corrected chi connectivity index (χ1v) is 23.4. The molecular weight excluding hydrogens is 877 g/mol. The van der Waals surface area contributed by atoms with Gasteiger partial charge in [-0.25, -0.2) is 39.2 Å². The van der Waals surface area contributed by atoms with Gasteiger partial charge in [0.05, 0.1) is 0 Å². The Balaban J connectivity index is 2.25. The van der Waals surface area contributed by atoms with E-state index in [-0.39, 0.29) is 62.4 Å². The Morgan fingerprint density at radius 1 is 0.441 bits per heavy atom. The highest BCUT2D eigenvalue weighted by molar-refractivity contribution is 5.93. The lowest BCUT2D eigenvalue weighted by molar-refractivity contribution is -0.174. The Morgan fingerprint density at radius 2 is 0.809 bits per heavy atom. The zero-order chi connectivity index (χ0) is 51.2. The van der Waals surface area contributed by atoms with E-state index in [1.165, 1.54) is 42.0 Å². The normalized spacial score (nSPS) is 23.1. The second-order valence-electron chi connectivity index (χ2n) is 19.1. The van der Waals surface area contributed by atoms with Gasteiger partial charge in [-0.3, -0.25) is 19.2 Å². The van der Waals surface area contributed by atoms with Crippen LogP contribution in [0.1, 0.15) is 93.2 Å². The molecule has 0 bridgehead atoms. The van der Waals surface area contributed by atoms with Crippen molar-refractivity contribution in [3.63, 3.8) is 0 Å². The number of carbonyl (C=O) groups is 8. The maximum Gasteiger partial charge on any atom is 0.429 e. The average Bonchev–Trinajstić information content (AvgIpc) is 3.28. The van der Waals surface area contributed by atoms with E-state index in [0.717, 1.165) is 29.8 Å². The molecule has 68 heavy (non-hydrogen) atoms. The Kier molecular flexibility index (Phi) is 21.3. The zero-order valence-electron chi connectivity index (χ0n) is 42.4. The smallest absolute Gasteiger partial charge is 0.429 e. The molecule has 2 aromatic carbocycles. The second kappa shape index (κ2) is 25.8. The molecule has 0 radical (unpaired) electrons. The lowest BCUT2D eigenvalue weighted by Gasteiger charge is -2.37. The molecular formula is C50H74N6O12. The van der Waals surface area contributed by atoms with Crippen molar-refractivity contribution in [2.24, 2.45) is 23.7 Å². The lowest BCUT2D eigenvalue weighted by Crippen LogP contribution is -2.57. The van der Waals surface area contributed by atoms with Gasteiger partial charge in [0.2, 0.25) is 0 Å². The van der Waals surface area contributed by atoms with Crippen LogP contribution >= 0.6 is 0 Å². The molecule has 0 saturated carbocycles. The number of carbonyl (C=O) groups excluding carboxylic acids is 8. The summed E-state index contributed by atoms with van der Waals surface area (Å²) in [6.45, 7) is 17.1. The third-order valence-electron chi connectivity index (χ3n) is 11.3. The minimum atomic E-state index is -1.56. The van der Waals surface area contributed by atoms with Crippen molar-refractivity contribution in [3.8, 4) is 0 Å². The SMILES string of the molecule is CC(C)C[C@H]1C(=O)O[C@H](Cc2ccccc2)C(=O)N(C)[C@@H](CC(C)C)C(=O)O[C@H](C)C(=O)N(C)N(CC(C)C)C(=O)O[C@H](Cc2ccccc2)C(=O)N(C)N(CC(C)C)C(=O)O[C@H](C)C(=O)N1C. The fourth-order valence-electron chi connectivity index (χ4n) is 7.56. The number of ether oxygens (including phenoxy) is 4. The molecule has 18 nitrogen and oxygen atoms in total. The van der Waals surface area contributed by atoms with E-state index in [2.05, 4.69) is 0 Å². The second-order valence-corrected chi connectivity index (χ2v) is 19.1. The molecule has 376 valence electrons. The highest BCUT2D eigenvalue weighted by Gasteiger charge is 2.42. The molecule has 6 amide bonds. The van der Waals surface area contributed by atoms with E-state index in [9.17, 15) is 38.4 Å². The quantitative estimate of drug-likeness (QED) is 0.185. The molecule has 0 spiro atoms. The van der Waals surface area contributed by atoms with Crippen molar-refractivity contribution in [1.82, 2.24) is 29.8 Å². The summed E-state index contributed by atoms with van der Waals surface area (Å²) in [5.41, 5.74) is 1.25. The van der Waals surface area contributed by atoms with Gasteiger partial charge in [-0.1, -0.05) is 116 Å². The van der Waals surface area contributed by atoms with Crippen LogP contribution in [0.2, 0.25) is 0 Å². The van der Waals surface area contributed by atoms with Crippen LogP contribution in [-0.4, -0.2) is 155 Å². The first kappa shape index (κ1) is 56.1. The van der Waals surface area contributed by atoms with Crippen LogP contribution in [0.5, 0.6) is 0 Å². The standard InChI is InChI=1S/C50H74N6O12/c1-31(2)25-39-47(61)65-36(10)44(58)53(13)56(30-34(7)8)50(64)68-42(28-38-23-19-16-20-24-38)46(60)54(14)55(29-33(5)6)49(63)66-35(9)43(57)51(11)40(26-32(3)4)48(62)67-41(45(59)52(39)12)27-37-21-17-15-18-22-37/h15-24,31-36,39-42H,25-30H2,1-14H3/t35-,36-,39+,40+,41-,42-/m1/s1. The molecule has 0 N–H and O–H groups in total. The highest BCUT2D eigenvalue weighted by Crippen LogP contribution is 2.22. The number of hydrogen-bond donors (Lipinski definition) is 0. The van der Waals surface area contributed by atoms with Gasteiger partial charge in [-0.15, -0.1) is 0 Å². The molecule has 1 aliphatic heterocycles. The third kappa shape index (κ3) is 16.0. The Bertz CT molecular complexity index is 1870. The summed E-state index contributed by atoms with van der Waals surface area (Å²) < 4.78 is 23.5. The Labute approximate surface area is 402 Å². The van der Waals surface area contributed by atoms with Gasteiger partial charge in [0.1, 0.15) is 12.1 Å². The Morgan fingerprint density at radius 3 is 1.24 bits per heavy atom. The number of cyclic esters (lactones) is 4. The van der Waals surface area contributed by atoms with Gasteiger partial charge >= 0.3 is 24.1 Å². The van der Waals surface area contributed by atoms with E-state index < -0.39 is 84.3 Å².